The molecule has 0 aromatic heterocycles. The van der Waals surface area contributed by atoms with Gasteiger partial charge in [-0.15, -0.1) is 0 Å². The summed E-state index contributed by atoms with van der Waals surface area (Å²) < 4.78 is 10.5. The summed E-state index contributed by atoms with van der Waals surface area (Å²) >= 11 is 12.5. The van der Waals surface area contributed by atoms with Crippen LogP contribution in [-0.4, -0.2) is 44.3 Å². The Morgan fingerprint density at radius 1 is 1.16 bits per heavy atom. The summed E-state index contributed by atoms with van der Waals surface area (Å²) in [6.07, 6.45) is 6.05. The van der Waals surface area contributed by atoms with Gasteiger partial charge in [-0.05, 0) is 49.7 Å². The van der Waals surface area contributed by atoms with Crippen LogP contribution in [0.5, 0.6) is 5.75 Å². The van der Waals surface area contributed by atoms with E-state index in [0.29, 0.717) is 40.1 Å². The fourth-order valence-electron chi connectivity index (χ4n) is 3.33. The highest BCUT2D eigenvalue weighted by Gasteiger charge is 2.43. The number of carbonyl (C=O) groups is 1. The van der Waals surface area contributed by atoms with Gasteiger partial charge >= 0.3 is 6.03 Å². The molecule has 1 aliphatic heterocycles. The zero-order chi connectivity index (χ0) is 17.9. The van der Waals surface area contributed by atoms with Crippen molar-refractivity contribution in [1.82, 2.24) is 4.90 Å². The van der Waals surface area contributed by atoms with Crippen LogP contribution in [0.4, 0.5) is 10.5 Å². The molecule has 0 radical (unpaired) electrons. The standard InChI is InChI=1S/C18H24Cl2N2O3/c1-24-9-10-25-16-14(19)11-13(12-15(16)20)21-17(23)22-7-2-3-18(4-5-18)6-8-22/h11-12H,2-10H2,1H3,(H,21,23). The van der Waals surface area contributed by atoms with Crippen LogP contribution in [0.2, 0.25) is 10.0 Å². The molecule has 1 aromatic carbocycles. The van der Waals surface area contributed by atoms with Gasteiger partial charge in [0.1, 0.15) is 6.61 Å². The zero-order valence-electron chi connectivity index (χ0n) is 14.4. The molecule has 7 heteroatoms. The van der Waals surface area contributed by atoms with E-state index in [1.807, 2.05) is 4.90 Å². The van der Waals surface area contributed by atoms with Gasteiger partial charge in [-0.25, -0.2) is 4.79 Å². The van der Waals surface area contributed by atoms with Crippen LogP contribution in [0.25, 0.3) is 0 Å². The summed E-state index contributed by atoms with van der Waals surface area (Å²) in [7, 11) is 1.60. The number of nitrogens with one attached hydrogen (secondary N) is 1. The Balaban J connectivity index is 1.60. The van der Waals surface area contributed by atoms with Crippen molar-refractivity contribution in [2.75, 3.05) is 38.7 Å². The monoisotopic (exact) mass is 386 g/mol. The van der Waals surface area contributed by atoms with Crippen molar-refractivity contribution in [3.05, 3.63) is 22.2 Å². The number of rotatable bonds is 5. The van der Waals surface area contributed by atoms with Crippen LogP contribution in [0, 0.1) is 5.41 Å². The largest absolute Gasteiger partial charge is 0.488 e. The van der Waals surface area contributed by atoms with E-state index in [-0.39, 0.29) is 6.03 Å². The summed E-state index contributed by atoms with van der Waals surface area (Å²) in [5.74, 6) is 0.406. The highest BCUT2D eigenvalue weighted by Crippen LogP contribution is 2.53. The molecule has 2 fully saturated rings. The minimum Gasteiger partial charge on any atom is -0.488 e. The fourth-order valence-corrected chi connectivity index (χ4v) is 3.93. The molecule has 0 unspecified atom stereocenters. The molecule has 1 aliphatic carbocycles. The van der Waals surface area contributed by atoms with E-state index in [4.69, 9.17) is 32.7 Å². The number of benzene rings is 1. The summed E-state index contributed by atoms with van der Waals surface area (Å²) in [5, 5.41) is 3.64. The smallest absolute Gasteiger partial charge is 0.321 e. The minimum atomic E-state index is -0.0992. The molecule has 1 aromatic rings. The molecule has 2 amide bonds. The molecule has 1 saturated heterocycles. The fraction of sp³-hybridized carbons (Fsp3) is 0.611. The summed E-state index contributed by atoms with van der Waals surface area (Å²) in [6.45, 7) is 2.41. The van der Waals surface area contributed by atoms with E-state index in [2.05, 4.69) is 5.32 Å². The van der Waals surface area contributed by atoms with Crippen molar-refractivity contribution < 1.29 is 14.3 Å². The second kappa shape index (κ2) is 8.02. The number of carbonyl (C=O) groups excluding carboxylic acids is 1. The molecule has 2 aliphatic rings. The van der Waals surface area contributed by atoms with Crippen LogP contribution in [0.1, 0.15) is 32.1 Å². The third-order valence-corrected chi connectivity index (χ3v) is 5.64. The highest BCUT2D eigenvalue weighted by molar-refractivity contribution is 6.37. The van der Waals surface area contributed by atoms with Crippen molar-refractivity contribution in [3.8, 4) is 5.75 Å². The Labute approximate surface area is 158 Å². The molecule has 3 rings (SSSR count). The Morgan fingerprint density at radius 2 is 1.88 bits per heavy atom. The quantitative estimate of drug-likeness (QED) is 0.738. The average molecular weight is 387 g/mol. The molecule has 138 valence electrons. The minimum absolute atomic E-state index is 0.0992. The van der Waals surface area contributed by atoms with E-state index in [1.54, 1.807) is 19.2 Å². The number of anilines is 1. The Kier molecular flexibility index (Phi) is 5.97. The van der Waals surface area contributed by atoms with Crippen LogP contribution in [0.3, 0.4) is 0 Å². The number of amides is 2. The number of urea groups is 1. The van der Waals surface area contributed by atoms with Crippen molar-refractivity contribution in [3.63, 3.8) is 0 Å². The SMILES string of the molecule is COCCOc1c(Cl)cc(NC(=O)N2CCCC3(CC2)CC3)cc1Cl. The molecule has 1 heterocycles. The number of hydrogen-bond acceptors (Lipinski definition) is 3. The average Bonchev–Trinajstić information content (AvgIpc) is 3.37. The first-order valence-electron chi connectivity index (χ1n) is 8.70. The molecule has 0 atom stereocenters. The molecule has 1 spiro atoms. The van der Waals surface area contributed by atoms with Crippen LogP contribution in [-0.2, 0) is 4.74 Å². The molecule has 0 bridgehead atoms. The lowest BCUT2D eigenvalue weighted by Crippen LogP contribution is -2.35. The summed E-state index contributed by atoms with van der Waals surface area (Å²) in [6, 6.07) is 3.22. The number of nitrogens with zero attached hydrogens (tertiary/aromatic N) is 1. The topological polar surface area (TPSA) is 50.8 Å². The predicted molar refractivity (Wildman–Crippen MR) is 99.9 cm³/mol. The highest BCUT2D eigenvalue weighted by atomic mass is 35.5. The molecule has 1 N–H and O–H groups in total. The number of ether oxygens (including phenoxy) is 2. The van der Waals surface area contributed by atoms with Crippen LogP contribution < -0.4 is 10.1 Å². The lowest BCUT2D eigenvalue weighted by atomic mass is 9.98. The van der Waals surface area contributed by atoms with E-state index in [9.17, 15) is 4.79 Å². The Morgan fingerprint density at radius 3 is 2.52 bits per heavy atom. The van der Waals surface area contributed by atoms with Crippen LogP contribution >= 0.6 is 23.2 Å². The Bertz CT molecular complexity index is 612. The zero-order valence-corrected chi connectivity index (χ0v) is 16.0. The van der Waals surface area contributed by atoms with Crippen molar-refractivity contribution in [1.29, 1.82) is 0 Å². The normalized spacial score (nSPS) is 18.8. The van der Waals surface area contributed by atoms with Gasteiger partial charge in [-0.2, -0.15) is 0 Å². The lowest BCUT2D eigenvalue weighted by molar-refractivity contribution is 0.146. The Hall–Kier alpha value is -1.17. The third-order valence-electron chi connectivity index (χ3n) is 5.07. The van der Waals surface area contributed by atoms with E-state index >= 15 is 0 Å². The molecule has 5 nitrogen and oxygen atoms in total. The number of halogens is 2. The van der Waals surface area contributed by atoms with Crippen molar-refractivity contribution in [2.45, 2.75) is 32.1 Å². The third kappa shape index (κ3) is 4.72. The molecule has 25 heavy (non-hydrogen) atoms. The molecular formula is C18H24Cl2N2O3. The van der Waals surface area contributed by atoms with Gasteiger partial charge in [-0.3, -0.25) is 0 Å². The summed E-state index contributed by atoms with van der Waals surface area (Å²) in [5.41, 5.74) is 1.10. The van der Waals surface area contributed by atoms with E-state index in [0.717, 1.165) is 25.9 Å². The maximum atomic E-state index is 12.6. The van der Waals surface area contributed by atoms with Crippen molar-refractivity contribution in [2.24, 2.45) is 5.41 Å². The van der Waals surface area contributed by atoms with Gasteiger partial charge in [0.25, 0.3) is 0 Å². The predicted octanol–water partition coefficient (Wildman–Crippen LogP) is 4.82. The number of methoxy groups -OCH3 is 1. The number of likely N-dealkylation sites (tertiary alicyclic amines) is 1. The van der Waals surface area contributed by atoms with Gasteiger partial charge in [0, 0.05) is 25.9 Å². The van der Waals surface area contributed by atoms with Crippen LogP contribution in [0.15, 0.2) is 12.1 Å². The van der Waals surface area contributed by atoms with E-state index in [1.165, 1.54) is 19.3 Å². The maximum Gasteiger partial charge on any atom is 0.321 e. The first-order chi connectivity index (χ1) is 12.0. The molecular weight excluding hydrogens is 363 g/mol. The second-order valence-corrected chi connectivity index (χ2v) is 7.70. The van der Waals surface area contributed by atoms with Gasteiger partial charge in [0.05, 0.1) is 16.7 Å². The van der Waals surface area contributed by atoms with E-state index < -0.39 is 0 Å². The van der Waals surface area contributed by atoms with Gasteiger partial charge in [0.2, 0.25) is 0 Å². The van der Waals surface area contributed by atoms with Gasteiger partial charge in [-0.1, -0.05) is 23.2 Å². The van der Waals surface area contributed by atoms with Gasteiger partial charge in [0.15, 0.2) is 5.75 Å². The summed E-state index contributed by atoms with van der Waals surface area (Å²) in [4.78, 5) is 14.4. The first-order valence-corrected chi connectivity index (χ1v) is 9.45. The van der Waals surface area contributed by atoms with Gasteiger partial charge < -0.3 is 19.7 Å². The molecule has 1 saturated carbocycles. The lowest BCUT2D eigenvalue weighted by Gasteiger charge is -2.21. The number of hydrogen-bond donors (Lipinski definition) is 1. The second-order valence-electron chi connectivity index (χ2n) is 6.88. The first kappa shape index (κ1) is 18.6. The van der Waals surface area contributed by atoms with Crippen molar-refractivity contribution >= 4 is 34.9 Å². The maximum absolute atomic E-state index is 12.6.